The number of amides is 1. The fraction of sp³-hybridized carbons (Fsp3) is 0.118. The summed E-state index contributed by atoms with van der Waals surface area (Å²) in [5.74, 6) is -0.423. The standard InChI is InChI=1S/C17H14N4O4/c1-11(16(22)19-12-6-8-13(9-7-12)21(24)25)20-10-18-15-5-3-2-4-14(15)17(20)23/h2-11H,1H3,(H,19,22)/t11-/m1/s1. The van der Waals surface area contributed by atoms with Crippen molar-refractivity contribution in [1.82, 2.24) is 9.55 Å². The second-order valence-electron chi connectivity index (χ2n) is 5.44. The SMILES string of the molecule is C[C@H](C(=O)Nc1ccc([N+](=O)[O-])cc1)n1cnc2ccccc2c1=O. The predicted molar refractivity (Wildman–Crippen MR) is 92.4 cm³/mol. The summed E-state index contributed by atoms with van der Waals surface area (Å²) < 4.78 is 1.25. The minimum Gasteiger partial charge on any atom is -0.324 e. The topological polar surface area (TPSA) is 107 Å². The molecule has 1 aromatic heterocycles. The highest BCUT2D eigenvalue weighted by molar-refractivity contribution is 5.93. The molecule has 2 aromatic carbocycles. The van der Waals surface area contributed by atoms with Crippen LogP contribution in [0.25, 0.3) is 10.9 Å². The number of non-ortho nitro benzene ring substituents is 1. The number of benzene rings is 2. The van der Waals surface area contributed by atoms with Crippen molar-refractivity contribution < 1.29 is 9.72 Å². The van der Waals surface area contributed by atoms with Gasteiger partial charge < -0.3 is 5.32 Å². The highest BCUT2D eigenvalue weighted by Crippen LogP contribution is 2.17. The quantitative estimate of drug-likeness (QED) is 0.581. The number of hydrogen-bond donors (Lipinski definition) is 1. The summed E-state index contributed by atoms with van der Waals surface area (Å²) in [6.07, 6.45) is 1.34. The van der Waals surface area contributed by atoms with E-state index in [1.165, 1.54) is 35.2 Å². The lowest BCUT2D eigenvalue weighted by Gasteiger charge is -2.15. The summed E-state index contributed by atoms with van der Waals surface area (Å²) in [4.78, 5) is 39.2. The van der Waals surface area contributed by atoms with Gasteiger partial charge in [0.25, 0.3) is 11.2 Å². The van der Waals surface area contributed by atoms with E-state index in [4.69, 9.17) is 0 Å². The van der Waals surface area contributed by atoms with Crippen molar-refractivity contribution >= 4 is 28.2 Å². The summed E-state index contributed by atoms with van der Waals surface area (Å²) >= 11 is 0. The maximum atomic E-state index is 12.5. The molecule has 0 aliphatic carbocycles. The normalized spacial score (nSPS) is 11.9. The number of nitrogens with one attached hydrogen (secondary N) is 1. The maximum absolute atomic E-state index is 12.5. The van der Waals surface area contributed by atoms with Crippen LogP contribution in [0.2, 0.25) is 0 Å². The third-order valence-electron chi connectivity index (χ3n) is 3.83. The van der Waals surface area contributed by atoms with E-state index < -0.39 is 16.9 Å². The lowest BCUT2D eigenvalue weighted by Crippen LogP contribution is -2.31. The number of fused-ring (bicyclic) bond motifs is 1. The number of para-hydroxylation sites is 1. The molecule has 0 spiro atoms. The van der Waals surface area contributed by atoms with E-state index in [1.54, 1.807) is 31.2 Å². The van der Waals surface area contributed by atoms with E-state index in [2.05, 4.69) is 10.3 Å². The summed E-state index contributed by atoms with van der Waals surface area (Å²) in [5.41, 5.74) is 0.592. The number of hydrogen-bond acceptors (Lipinski definition) is 5. The molecule has 0 bridgehead atoms. The highest BCUT2D eigenvalue weighted by Gasteiger charge is 2.18. The van der Waals surface area contributed by atoms with Gasteiger partial charge in [0.1, 0.15) is 6.04 Å². The second-order valence-corrected chi connectivity index (χ2v) is 5.44. The average molecular weight is 338 g/mol. The van der Waals surface area contributed by atoms with E-state index >= 15 is 0 Å². The third-order valence-corrected chi connectivity index (χ3v) is 3.83. The van der Waals surface area contributed by atoms with Gasteiger partial charge in [-0.05, 0) is 31.2 Å². The van der Waals surface area contributed by atoms with E-state index in [-0.39, 0.29) is 11.2 Å². The van der Waals surface area contributed by atoms with Gasteiger partial charge in [0.15, 0.2) is 0 Å². The first-order chi connectivity index (χ1) is 12.0. The Bertz CT molecular complexity index is 1010. The van der Waals surface area contributed by atoms with Crippen molar-refractivity contribution in [2.75, 3.05) is 5.32 Å². The number of aromatic nitrogens is 2. The van der Waals surface area contributed by atoms with Gasteiger partial charge in [-0.15, -0.1) is 0 Å². The van der Waals surface area contributed by atoms with Crippen LogP contribution in [0.15, 0.2) is 59.7 Å². The van der Waals surface area contributed by atoms with Crippen LogP contribution < -0.4 is 10.9 Å². The fourth-order valence-electron chi connectivity index (χ4n) is 2.40. The lowest BCUT2D eigenvalue weighted by atomic mass is 10.2. The van der Waals surface area contributed by atoms with Crippen LogP contribution in [0.3, 0.4) is 0 Å². The molecule has 3 rings (SSSR count). The molecule has 0 radical (unpaired) electrons. The number of nitro groups is 1. The van der Waals surface area contributed by atoms with E-state index in [9.17, 15) is 19.7 Å². The largest absolute Gasteiger partial charge is 0.324 e. The predicted octanol–water partition coefficient (Wildman–Crippen LogP) is 2.50. The molecule has 0 saturated heterocycles. The van der Waals surface area contributed by atoms with Gasteiger partial charge >= 0.3 is 0 Å². The summed E-state index contributed by atoms with van der Waals surface area (Å²) in [5, 5.41) is 13.7. The van der Waals surface area contributed by atoms with Gasteiger partial charge in [-0.3, -0.25) is 24.3 Å². The van der Waals surface area contributed by atoms with Gasteiger partial charge in [-0.1, -0.05) is 12.1 Å². The second kappa shape index (κ2) is 6.52. The van der Waals surface area contributed by atoms with Crippen molar-refractivity contribution in [2.45, 2.75) is 13.0 Å². The monoisotopic (exact) mass is 338 g/mol. The summed E-state index contributed by atoms with van der Waals surface area (Å²) in [6.45, 7) is 1.58. The van der Waals surface area contributed by atoms with Gasteiger partial charge in [0.2, 0.25) is 5.91 Å². The van der Waals surface area contributed by atoms with Crippen LogP contribution in [-0.4, -0.2) is 20.4 Å². The van der Waals surface area contributed by atoms with E-state index in [0.717, 1.165) is 0 Å². The molecule has 1 atom stereocenters. The zero-order valence-corrected chi connectivity index (χ0v) is 13.2. The molecule has 25 heavy (non-hydrogen) atoms. The molecule has 0 fully saturated rings. The van der Waals surface area contributed by atoms with Crippen LogP contribution in [0.4, 0.5) is 11.4 Å². The first kappa shape index (κ1) is 16.3. The molecule has 126 valence electrons. The molecule has 8 heteroatoms. The Kier molecular flexibility index (Phi) is 4.25. The molecule has 0 unspecified atom stereocenters. The van der Waals surface area contributed by atoms with Crippen LogP contribution in [0, 0.1) is 10.1 Å². The molecule has 1 N–H and O–H groups in total. The summed E-state index contributed by atoms with van der Waals surface area (Å²) in [6, 6.07) is 11.6. The number of carbonyl (C=O) groups is 1. The molecule has 1 heterocycles. The average Bonchev–Trinajstić information content (AvgIpc) is 2.62. The number of carbonyl (C=O) groups excluding carboxylic acids is 1. The zero-order valence-electron chi connectivity index (χ0n) is 13.2. The van der Waals surface area contributed by atoms with Crippen molar-refractivity contribution in [2.24, 2.45) is 0 Å². The molecule has 0 saturated carbocycles. The van der Waals surface area contributed by atoms with Gasteiger partial charge in [0.05, 0.1) is 22.2 Å². The third kappa shape index (κ3) is 3.23. The smallest absolute Gasteiger partial charge is 0.269 e. The molecule has 3 aromatic rings. The molecular formula is C17H14N4O4. The Balaban J connectivity index is 1.84. The Morgan fingerprint density at radius 1 is 1.20 bits per heavy atom. The molecule has 8 nitrogen and oxygen atoms in total. The van der Waals surface area contributed by atoms with Crippen molar-refractivity contribution in [1.29, 1.82) is 0 Å². The molecule has 0 aliphatic heterocycles. The van der Waals surface area contributed by atoms with Crippen LogP contribution >= 0.6 is 0 Å². The van der Waals surface area contributed by atoms with Crippen LogP contribution in [0.1, 0.15) is 13.0 Å². The Morgan fingerprint density at radius 3 is 2.56 bits per heavy atom. The fourth-order valence-corrected chi connectivity index (χ4v) is 2.40. The first-order valence-electron chi connectivity index (χ1n) is 7.48. The van der Waals surface area contributed by atoms with E-state index in [1.807, 2.05) is 0 Å². The minimum atomic E-state index is -0.792. The van der Waals surface area contributed by atoms with Crippen molar-refractivity contribution in [3.8, 4) is 0 Å². The molecule has 0 aliphatic rings. The number of anilines is 1. The van der Waals surface area contributed by atoms with Crippen molar-refractivity contribution in [3.05, 3.63) is 75.3 Å². The number of nitro benzene ring substituents is 1. The molecular weight excluding hydrogens is 324 g/mol. The lowest BCUT2D eigenvalue weighted by molar-refractivity contribution is -0.384. The molecule has 1 amide bonds. The number of rotatable bonds is 4. The van der Waals surface area contributed by atoms with Gasteiger partial charge in [0, 0.05) is 17.8 Å². The van der Waals surface area contributed by atoms with Gasteiger partial charge in [-0.25, -0.2) is 4.98 Å². The zero-order chi connectivity index (χ0) is 18.0. The highest BCUT2D eigenvalue weighted by atomic mass is 16.6. The Hall–Kier alpha value is -3.55. The van der Waals surface area contributed by atoms with Crippen LogP contribution in [-0.2, 0) is 4.79 Å². The minimum absolute atomic E-state index is 0.0685. The number of nitrogens with zero attached hydrogens (tertiary/aromatic N) is 3. The van der Waals surface area contributed by atoms with Crippen LogP contribution in [0.5, 0.6) is 0 Å². The maximum Gasteiger partial charge on any atom is 0.269 e. The summed E-state index contributed by atoms with van der Waals surface area (Å²) in [7, 11) is 0. The van der Waals surface area contributed by atoms with Gasteiger partial charge in [-0.2, -0.15) is 0 Å². The first-order valence-corrected chi connectivity index (χ1v) is 7.48. The van der Waals surface area contributed by atoms with E-state index in [0.29, 0.717) is 16.6 Å². The Labute approximate surface area is 141 Å². The Morgan fingerprint density at radius 2 is 1.88 bits per heavy atom. The van der Waals surface area contributed by atoms with Crippen molar-refractivity contribution in [3.63, 3.8) is 0 Å².